The van der Waals surface area contributed by atoms with Gasteiger partial charge in [0.15, 0.2) is 11.5 Å². The fourth-order valence-corrected chi connectivity index (χ4v) is 3.49. The van der Waals surface area contributed by atoms with E-state index in [2.05, 4.69) is 25.3 Å². The van der Waals surface area contributed by atoms with Crippen LogP contribution < -0.4 is 4.90 Å². The van der Waals surface area contributed by atoms with Crippen LogP contribution in [0.4, 0.5) is 10.2 Å². The number of aromatic nitrogens is 6. The van der Waals surface area contributed by atoms with E-state index in [4.69, 9.17) is 5.26 Å². The predicted octanol–water partition coefficient (Wildman–Crippen LogP) is 2.01. The lowest BCUT2D eigenvalue weighted by molar-refractivity contribution is 0.605. The summed E-state index contributed by atoms with van der Waals surface area (Å²) in [5.74, 6) is 0.282. The molecule has 0 bridgehead atoms. The van der Waals surface area contributed by atoms with Crippen molar-refractivity contribution in [3.63, 3.8) is 0 Å². The number of H-pyrrole nitrogens is 1. The van der Waals surface area contributed by atoms with E-state index in [-0.39, 0.29) is 17.6 Å². The second-order valence-corrected chi connectivity index (χ2v) is 6.26. The smallest absolute Gasteiger partial charge is 0.163 e. The molecule has 0 unspecified atom stereocenters. The topological polar surface area (TPSA) is 98.8 Å². The highest BCUT2D eigenvalue weighted by Crippen LogP contribution is 2.35. The minimum Gasteiger partial charge on any atom is -0.348 e. The Morgan fingerprint density at radius 2 is 2.19 bits per heavy atom. The highest BCUT2D eigenvalue weighted by atomic mass is 19.1. The monoisotopic (exact) mass is 360 g/mol. The van der Waals surface area contributed by atoms with E-state index in [1.54, 1.807) is 36.8 Å². The molecule has 4 aromatic rings. The molecule has 0 saturated heterocycles. The lowest BCUT2D eigenvalue weighted by Gasteiger charge is -2.34. The van der Waals surface area contributed by atoms with Crippen LogP contribution in [0.1, 0.15) is 28.8 Å². The summed E-state index contributed by atoms with van der Waals surface area (Å²) >= 11 is 0. The van der Waals surface area contributed by atoms with Crippen molar-refractivity contribution in [3.8, 4) is 6.07 Å². The number of aromatic amines is 1. The maximum absolute atomic E-state index is 14.2. The third-order valence-corrected chi connectivity index (χ3v) is 4.73. The van der Waals surface area contributed by atoms with Gasteiger partial charge < -0.3 is 9.88 Å². The molecule has 27 heavy (non-hydrogen) atoms. The number of nitriles is 1. The molecule has 0 aromatic carbocycles. The number of halogens is 1. The fraction of sp³-hybridized carbons (Fsp3) is 0.167. The minimum atomic E-state index is -0.334. The maximum Gasteiger partial charge on any atom is 0.163 e. The Morgan fingerprint density at radius 1 is 1.26 bits per heavy atom. The maximum atomic E-state index is 14.2. The molecular formula is C18H13FN8. The molecule has 1 aliphatic rings. The number of imidazole rings is 1. The summed E-state index contributed by atoms with van der Waals surface area (Å²) in [6, 6.07) is 9.77. The van der Waals surface area contributed by atoms with Gasteiger partial charge in [-0.05, 0) is 30.3 Å². The van der Waals surface area contributed by atoms with Crippen LogP contribution in [-0.2, 0) is 6.42 Å². The van der Waals surface area contributed by atoms with Crippen molar-refractivity contribution in [1.29, 1.82) is 5.26 Å². The van der Waals surface area contributed by atoms with Crippen molar-refractivity contribution in [2.45, 2.75) is 12.5 Å². The van der Waals surface area contributed by atoms with Gasteiger partial charge in [-0.25, -0.2) is 13.9 Å². The van der Waals surface area contributed by atoms with Gasteiger partial charge >= 0.3 is 0 Å². The molecular weight excluding hydrogens is 347 g/mol. The number of anilines is 1. The van der Waals surface area contributed by atoms with E-state index < -0.39 is 0 Å². The van der Waals surface area contributed by atoms with Crippen LogP contribution >= 0.6 is 0 Å². The molecule has 0 saturated carbocycles. The van der Waals surface area contributed by atoms with Crippen molar-refractivity contribution < 1.29 is 4.39 Å². The number of nitrogens with one attached hydrogen (secondary N) is 1. The van der Waals surface area contributed by atoms with E-state index >= 15 is 0 Å². The Labute approximate surface area is 152 Å². The van der Waals surface area contributed by atoms with Crippen LogP contribution in [-0.4, -0.2) is 36.3 Å². The first-order chi connectivity index (χ1) is 13.2. The zero-order valence-electron chi connectivity index (χ0n) is 14.0. The van der Waals surface area contributed by atoms with Gasteiger partial charge in [-0.2, -0.15) is 10.4 Å². The lowest BCUT2D eigenvalue weighted by Crippen LogP contribution is -2.37. The predicted molar refractivity (Wildman–Crippen MR) is 93.4 cm³/mol. The van der Waals surface area contributed by atoms with Gasteiger partial charge in [-0.15, -0.1) is 10.2 Å². The van der Waals surface area contributed by atoms with E-state index in [0.29, 0.717) is 23.6 Å². The van der Waals surface area contributed by atoms with Crippen molar-refractivity contribution in [2.75, 3.05) is 11.4 Å². The Bertz CT molecular complexity index is 1170. The normalized spacial score (nSPS) is 16.3. The number of nitrogens with zero attached hydrogens (tertiary/aromatic N) is 7. The Balaban J connectivity index is 1.66. The average molecular weight is 360 g/mol. The summed E-state index contributed by atoms with van der Waals surface area (Å²) in [5.41, 5.74) is 3.18. The highest BCUT2D eigenvalue weighted by Gasteiger charge is 2.34. The molecule has 0 spiro atoms. The van der Waals surface area contributed by atoms with Gasteiger partial charge in [0.05, 0.1) is 17.7 Å². The van der Waals surface area contributed by atoms with Crippen molar-refractivity contribution in [3.05, 3.63) is 71.4 Å². The largest absolute Gasteiger partial charge is 0.348 e. The van der Waals surface area contributed by atoms with Crippen molar-refractivity contribution in [2.24, 2.45) is 0 Å². The third kappa shape index (κ3) is 2.42. The van der Waals surface area contributed by atoms with E-state index in [1.165, 1.54) is 10.6 Å². The van der Waals surface area contributed by atoms with Gasteiger partial charge in [-0.1, -0.05) is 0 Å². The summed E-state index contributed by atoms with van der Waals surface area (Å²) < 4.78 is 15.7. The number of pyridine rings is 1. The molecule has 0 aliphatic carbocycles. The Hall–Kier alpha value is -3.80. The summed E-state index contributed by atoms with van der Waals surface area (Å²) in [4.78, 5) is 9.67. The van der Waals surface area contributed by atoms with Crippen LogP contribution in [0.2, 0.25) is 0 Å². The summed E-state index contributed by atoms with van der Waals surface area (Å²) in [7, 11) is 0. The molecule has 0 fully saturated rings. The second kappa shape index (κ2) is 5.88. The van der Waals surface area contributed by atoms with Crippen LogP contribution in [0, 0.1) is 17.1 Å². The van der Waals surface area contributed by atoms with E-state index in [1.807, 2.05) is 11.0 Å². The fourth-order valence-electron chi connectivity index (χ4n) is 3.49. The Morgan fingerprint density at radius 3 is 2.96 bits per heavy atom. The van der Waals surface area contributed by atoms with Crippen molar-refractivity contribution in [1.82, 2.24) is 29.8 Å². The first-order valence-corrected chi connectivity index (χ1v) is 8.41. The zero-order chi connectivity index (χ0) is 18.4. The first-order valence-electron chi connectivity index (χ1n) is 8.41. The molecule has 5 rings (SSSR count). The summed E-state index contributed by atoms with van der Waals surface area (Å²) in [5, 5.41) is 21.6. The SMILES string of the molecule is N#Cc1ccc(N2CCc3[nH]cnc3[C@@H]2c2cc3c(F)cccn3n2)nn1. The van der Waals surface area contributed by atoms with E-state index in [0.717, 1.165) is 17.8 Å². The van der Waals surface area contributed by atoms with Gasteiger partial charge in [0, 0.05) is 24.9 Å². The molecule has 4 aromatic heterocycles. The quantitative estimate of drug-likeness (QED) is 0.587. The first kappa shape index (κ1) is 15.5. The standard InChI is InChI=1S/C18H13FN8/c19-12-2-1-6-27-15(12)8-14(25-27)18-17-13(21-10-22-17)5-7-26(18)16-4-3-11(9-20)23-24-16/h1-4,6,8,10,18H,5,7H2,(H,21,22)/t18-/m0/s1. The number of fused-ring (bicyclic) bond motifs is 2. The number of rotatable bonds is 2. The summed E-state index contributed by atoms with van der Waals surface area (Å²) in [6.45, 7) is 0.663. The van der Waals surface area contributed by atoms with E-state index in [9.17, 15) is 4.39 Å². The molecule has 1 N–H and O–H groups in total. The highest BCUT2D eigenvalue weighted by molar-refractivity contribution is 5.54. The van der Waals surface area contributed by atoms with Gasteiger partial charge in [-0.3, -0.25) is 0 Å². The molecule has 9 heteroatoms. The van der Waals surface area contributed by atoms with Crippen LogP contribution in [0.3, 0.4) is 0 Å². The zero-order valence-corrected chi connectivity index (χ0v) is 14.0. The molecule has 1 atom stereocenters. The average Bonchev–Trinajstić information content (AvgIpc) is 3.35. The summed E-state index contributed by atoms with van der Waals surface area (Å²) in [6.07, 6.45) is 4.12. The van der Waals surface area contributed by atoms with Gasteiger partial charge in [0.1, 0.15) is 23.4 Å². The molecule has 0 radical (unpaired) electrons. The van der Waals surface area contributed by atoms with Crippen LogP contribution in [0.25, 0.3) is 5.52 Å². The van der Waals surface area contributed by atoms with Gasteiger partial charge in [0.25, 0.3) is 0 Å². The Kier molecular flexibility index (Phi) is 3.36. The second-order valence-electron chi connectivity index (χ2n) is 6.26. The third-order valence-electron chi connectivity index (χ3n) is 4.73. The number of hydrogen-bond donors (Lipinski definition) is 1. The molecule has 132 valence electrons. The van der Waals surface area contributed by atoms with Crippen molar-refractivity contribution >= 4 is 11.3 Å². The molecule has 5 heterocycles. The molecule has 1 aliphatic heterocycles. The molecule has 8 nitrogen and oxygen atoms in total. The lowest BCUT2D eigenvalue weighted by atomic mass is 9.99. The minimum absolute atomic E-state index is 0.252. The van der Waals surface area contributed by atoms with Crippen LogP contribution in [0.5, 0.6) is 0 Å². The number of hydrogen-bond acceptors (Lipinski definition) is 6. The molecule has 0 amide bonds. The van der Waals surface area contributed by atoms with Gasteiger partial charge in [0.2, 0.25) is 0 Å². The van der Waals surface area contributed by atoms with Crippen LogP contribution in [0.15, 0.2) is 42.9 Å².